The van der Waals surface area contributed by atoms with Gasteiger partial charge in [0, 0.05) is 34.8 Å². The first-order chi connectivity index (χ1) is 13.6. The van der Waals surface area contributed by atoms with E-state index in [1.165, 1.54) is 0 Å². The molecule has 2 aromatic heterocycles. The Morgan fingerprint density at radius 2 is 2.00 bits per heavy atom. The summed E-state index contributed by atoms with van der Waals surface area (Å²) in [6.07, 6.45) is 1.57. The third-order valence-electron chi connectivity index (χ3n) is 3.70. The second kappa shape index (κ2) is 10.2. The van der Waals surface area contributed by atoms with E-state index in [0.29, 0.717) is 30.3 Å². The average Bonchev–Trinajstić information content (AvgIpc) is 3.13. The molecule has 0 aliphatic carbocycles. The van der Waals surface area contributed by atoms with Crippen molar-refractivity contribution in [3.8, 4) is 5.88 Å². The minimum absolute atomic E-state index is 0.179. The average molecular weight is 416 g/mol. The first kappa shape index (κ1) is 20.3. The maximum absolute atomic E-state index is 12.4. The number of aryl methyl sites for hydroxylation is 1. The molecule has 0 unspecified atom stereocenters. The van der Waals surface area contributed by atoms with Crippen LogP contribution in [0.2, 0.25) is 0 Å². The molecule has 2 heterocycles. The number of anilines is 1. The van der Waals surface area contributed by atoms with Crippen LogP contribution in [0.3, 0.4) is 0 Å². The summed E-state index contributed by atoms with van der Waals surface area (Å²) in [5, 5.41) is 5.99. The van der Waals surface area contributed by atoms with E-state index in [9.17, 15) is 4.79 Å². The zero-order chi connectivity index (χ0) is 19.8. The van der Waals surface area contributed by atoms with Gasteiger partial charge in [0.25, 0.3) is 5.91 Å². The molecule has 0 fully saturated rings. The van der Waals surface area contributed by atoms with Gasteiger partial charge in [-0.15, -0.1) is 23.1 Å². The van der Waals surface area contributed by atoms with Gasteiger partial charge in [-0.3, -0.25) is 4.79 Å². The predicted molar refractivity (Wildman–Crippen MR) is 112 cm³/mol. The minimum Gasteiger partial charge on any atom is -0.475 e. The molecule has 146 valence electrons. The van der Waals surface area contributed by atoms with Crippen LogP contribution in [0, 0.1) is 6.92 Å². The number of amides is 1. The maximum atomic E-state index is 12.4. The van der Waals surface area contributed by atoms with Gasteiger partial charge in [-0.25, -0.2) is 9.97 Å². The molecule has 0 spiro atoms. The quantitative estimate of drug-likeness (QED) is 0.412. The van der Waals surface area contributed by atoms with Gasteiger partial charge < -0.3 is 14.8 Å². The van der Waals surface area contributed by atoms with Crippen molar-refractivity contribution in [1.82, 2.24) is 9.97 Å². The highest BCUT2D eigenvalue weighted by Gasteiger charge is 2.07. The lowest BCUT2D eigenvalue weighted by Gasteiger charge is -2.08. The third-order valence-corrected chi connectivity index (χ3v) is 5.57. The summed E-state index contributed by atoms with van der Waals surface area (Å²) < 4.78 is 10.3. The fourth-order valence-corrected chi connectivity index (χ4v) is 3.82. The Hall–Kier alpha value is -2.42. The van der Waals surface area contributed by atoms with E-state index < -0.39 is 0 Å². The van der Waals surface area contributed by atoms with E-state index in [0.717, 1.165) is 21.3 Å². The second-order valence-corrected chi connectivity index (χ2v) is 7.96. The first-order valence-electron chi connectivity index (χ1n) is 8.67. The van der Waals surface area contributed by atoms with Crippen LogP contribution in [0.4, 0.5) is 5.69 Å². The van der Waals surface area contributed by atoms with E-state index >= 15 is 0 Å². The standard InChI is InChI=1S/C20H21N3O3S2/c1-14-22-17(12-27-14)13-28-18-6-3-15(4-7-18)20(24)23-16-5-8-19(21-11-16)26-10-9-25-2/h3-8,11-12H,9-10,13H2,1-2H3,(H,23,24). The number of ether oxygens (including phenoxy) is 2. The molecule has 1 amide bonds. The van der Waals surface area contributed by atoms with Gasteiger partial charge in [0.05, 0.1) is 29.2 Å². The fraction of sp³-hybridized carbons (Fsp3) is 0.250. The summed E-state index contributed by atoms with van der Waals surface area (Å²) in [6.45, 7) is 2.93. The fourth-order valence-electron chi connectivity index (χ4n) is 2.31. The summed E-state index contributed by atoms with van der Waals surface area (Å²) in [4.78, 5) is 22.1. The molecule has 0 bridgehead atoms. The van der Waals surface area contributed by atoms with Crippen LogP contribution in [-0.2, 0) is 10.5 Å². The van der Waals surface area contributed by atoms with Crippen LogP contribution in [0.25, 0.3) is 0 Å². The summed E-state index contributed by atoms with van der Waals surface area (Å²) in [6, 6.07) is 11.0. The molecule has 28 heavy (non-hydrogen) atoms. The number of methoxy groups -OCH3 is 1. The van der Waals surface area contributed by atoms with Gasteiger partial charge in [0.15, 0.2) is 0 Å². The summed E-state index contributed by atoms with van der Waals surface area (Å²) in [7, 11) is 1.61. The van der Waals surface area contributed by atoms with Crippen LogP contribution in [0.5, 0.6) is 5.88 Å². The normalized spacial score (nSPS) is 10.6. The molecule has 3 aromatic rings. The second-order valence-electron chi connectivity index (χ2n) is 5.85. The molecule has 3 rings (SSSR count). The molecule has 0 radical (unpaired) electrons. The van der Waals surface area contributed by atoms with E-state index in [-0.39, 0.29) is 5.91 Å². The summed E-state index contributed by atoms with van der Waals surface area (Å²) in [5.41, 5.74) is 2.28. The number of rotatable bonds is 9. The largest absolute Gasteiger partial charge is 0.475 e. The number of nitrogens with zero attached hydrogens (tertiary/aromatic N) is 2. The van der Waals surface area contributed by atoms with Crippen molar-refractivity contribution < 1.29 is 14.3 Å². The van der Waals surface area contributed by atoms with Crippen molar-refractivity contribution >= 4 is 34.7 Å². The van der Waals surface area contributed by atoms with Crippen molar-refractivity contribution in [2.75, 3.05) is 25.6 Å². The van der Waals surface area contributed by atoms with Gasteiger partial charge in [0.1, 0.15) is 6.61 Å². The van der Waals surface area contributed by atoms with Gasteiger partial charge in [0.2, 0.25) is 5.88 Å². The van der Waals surface area contributed by atoms with Gasteiger partial charge >= 0.3 is 0 Å². The van der Waals surface area contributed by atoms with Gasteiger partial charge in [-0.2, -0.15) is 0 Å². The van der Waals surface area contributed by atoms with Gasteiger partial charge in [-0.1, -0.05) is 0 Å². The van der Waals surface area contributed by atoms with Crippen molar-refractivity contribution in [3.05, 3.63) is 64.2 Å². The zero-order valence-electron chi connectivity index (χ0n) is 15.7. The maximum Gasteiger partial charge on any atom is 0.255 e. The van der Waals surface area contributed by atoms with Crippen molar-refractivity contribution in [3.63, 3.8) is 0 Å². The molecule has 0 saturated heterocycles. The van der Waals surface area contributed by atoms with Crippen molar-refractivity contribution in [1.29, 1.82) is 0 Å². The van der Waals surface area contributed by atoms with Crippen LogP contribution in [0.15, 0.2) is 52.9 Å². The zero-order valence-corrected chi connectivity index (χ0v) is 17.3. The topological polar surface area (TPSA) is 73.3 Å². The number of thioether (sulfide) groups is 1. The Labute approximate surface area is 172 Å². The highest BCUT2D eigenvalue weighted by atomic mass is 32.2. The molecule has 8 heteroatoms. The van der Waals surface area contributed by atoms with Crippen LogP contribution in [0.1, 0.15) is 21.1 Å². The first-order valence-corrected chi connectivity index (χ1v) is 10.5. The highest BCUT2D eigenvalue weighted by Crippen LogP contribution is 2.24. The lowest BCUT2D eigenvalue weighted by molar-refractivity contribution is 0.102. The minimum atomic E-state index is -0.179. The molecule has 0 aliphatic heterocycles. The molecular formula is C20H21N3O3S2. The monoisotopic (exact) mass is 415 g/mol. The number of nitrogens with one attached hydrogen (secondary N) is 1. The SMILES string of the molecule is COCCOc1ccc(NC(=O)c2ccc(SCc3csc(C)n3)cc2)cn1. The Morgan fingerprint density at radius 3 is 2.64 bits per heavy atom. The highest BCUT2D eigenvalue weighted by molar-refractivity contribution is 7.98. The van der Waals surface area contributed by atoms with Crippen LogP contribution in [-0.4, -0.2) is 36.2 Å². The Morgan fingerprint density at radius 1 is 1.18 bits per heavy atom. The predicted octanol–water partition coefficient (Wildman–Crippen LogP) is 4.42. The number of thiazole rings is 1. The van der Waals surface area contributed by atoms with Crippen molar-refractivity contribution in [2.45, 2.75) is 17.6 Å². The smallest absolute Gasteiger partial charge is 0.255 e. The van der Waals surface area contributed by atoms with E-state index in [1.54, 1.807) is 48.5 Å². The number of hydrogen-bond donors (Lipinski definition) is 1. The molecule has 0 atom stereocenters. The van der Waals surface area contributed by atoms with E-state index in [2.05, 4.69) is 20.7 Å². The third kappa shape index (κ3) is 6.05. The molecule has 6 nitrogen and oxygen atoms in total. The van der Waals surface area contributed by atoms with E-state index in [4.69, 9.17) is 9.47 Å². The Balaban J connectivity index is 1.51. The van der Waals surface area contributed by atoms with Crippen LogP contribution < -0.4 is 10.1 Å². The lowest BCUT2D eigenvalue weighted by Crippen LogP contribution is -2.12. The van der Waals surface area contributed by atoms with E-state index in [1.807, 2.05) is 31.2 Å². The number of aromatic nitrogens is 2. The summed E-state index contributed by atoms with van der Waals surface area (Å²) in [5.74, 6) is 1.13. The number of benzene rings is 1. The van der Waals surface area contributed by atoms with Gasteiger partial charge in [-0.05, 0) is 37.3 Å². The number of hydrogen-bond acceptors (Lipinski definition) is 7. The number of pyridine rings is 1. The van der Waals surface area contributed by atoms with Crippen molar-refractivity contribution in [2.24, 2.45) is 0 Å². The Bertz CT molecular complexity index is 896. The molecule has 1 N–H and O–H groups in total. The molecular weight excluding hydrogens is 394 g/mol. The lowest BCUT2D eigenvalue weighted by atomic mass is 10.2. The molecule has 1 aromatic carbocycles. The number of carbonyl (C=O) groups excluding carboxylic acids is 1. The molecule has 0 saturated carbocycles. The summed E-state index contributed by atoms with van der Waals surface area (Å²) >= 11 is 3.36. The number of carbonyl (C=O) groups is 1. The van der Waals surface area contributed by atoms with Crippen LogP contribution >= 0.6 is 23.1 Å². The Kier molecular flexibility index (Phi) is 7.41. The molecule has 0 aliphatic rings.